The molecular formula is C21H24N2O6. The van der Waals surface area contributed by atoms with Crippen molar-refractivity contribution < 1.29 is 29.4 Å². The van der Waals surface area contributed by atoms with E-state index in [4.69, 9.17) is 14.7 Å². The number of carbonyl (C=O) groups excluding carboxylic acids is 2. The summed E-state index contributed by atoms with van der Waals surface area (Å²) in [5, 5.41) is 20.7. The lowest BCUT2D eigenvalue weighted by molar-refractivity contribution is -0.124. The van der Waals surface area contributed by atoms with Crippen LogP contribution >= 0.6 is 0 Å². The van der Waals surface area contributed by atoms with E-state index in [-0.39, 0.29) is 5.75 Å². The van der Waals surface area contributed by atoms with E-state index in [0.717, 1.165) is 0 Å². The Hall–Kier alpha value is -3.36. The first kappa shape index (κ1) is 21.9. The summed E-state index contributed by atoms with van der Waals surface area (Å²) in [5.41, 5.74) is 2.75. The summed E-state index contributed by atoms with van der Waals surface area (Å²) in [7, 11) is 1.50. The Morgan fingerprint density at radius 2 is 1.79 bits per heavy atom. The molecule has 2 rings (SSSR count). The molecule has 2 aromatic rings. The van der Waals surface area contributed by atoms with Crippen molar-refractivity contribution in [3.8, 4) is 5.75 Å². The SMILES string of the molecule is CO[C@H](CC/C=C/C(=O)NO)[C@H](OC(=O)Nc1ccccc1)c1ccc(O)cc1. The Morgan fingerprint density at radius 1 is 1.10 bits per heavy atom. The number of phenolic OH excluding ortho intramolecular Hbond substituents is 1. The fraction of sp³-hybridized carbons (Fsp3) is 0.238. The monoisotopic (exact) mass is 400 g/mol. The largest absolute Gasteiger partial charge is 0.508 e. The molecule has 4 N–H and O–H groups in total. The molecule has 0 unspecified atom stereocenters. The normalized spacial score (nSPS) is 12.9. The molecule has 0 aliphatic rings. The quantitative estimate of drug-likeness (QED) is 0.291. The van der Waals surface area contributed by atoms with Gasteiger partial charge in [0.2, 0.25) is 0 Å². The van der Waals surface area contributed by atoms with Crippen molar-refractivity contribution in [2.75, 3.05) is 12.4 Å². The molecule has 2 atom stereocenters. The molecule has 0 bridgehead atoms. The predicted molar refractivity (Wildman–Crippen MR) is 106 cm³/mol. The molecule has 8 heteroatoms. The van der Waals surface area contributed by atoms with Crippen molar-refractivity contribution in [1.29, 1.82) is 0 Å². The number of hydrogen-bond acceptors (Lipinski definition) is 6. The number of phenols is 1. The van der Waals surface area contributed by atoms with Crippen molar-refractivity contribution in [3.05, 3.63) is 72.3 Å². The second kappa shape index (κ2) is 11.5. The summed E-state index contributed by atoms with van der Waals surface area (Å²) in [6, 6.07) is 15.2. The van der Waals surface area contributed by atoms with Crippen LogP contribution in [0, 0.1) is 0 Å². The van der Waals surface area contributed by atoms with Crippen LogP contribution in [-0.4, -0.2) is 35.5 Å². The maximum Gasteiger partial charge on any atom is 0.412 e. The highest BCUT2D eigenvalue weighted by molar-refractivity contribution is 5.86. The van der Waals surface area contributed by atoms with E-state index >= 15 is 0 Å². The molecule has 154 valence electrons. The number of hydroxylamine groups is 1. The summed E-state index contributed by atoms with van der Waals surface area (Å²) in [6.45, 7) is 0. The third kappa shape index (κ3) is 7.28. The van der Waals surface area contributed by atoms with Gasteiger partial charge in [0.05, 0.1) is 6.10 Å². The van der Waals surface area contributed by atoms with Gasteiger partial charge in [0.25, 0.3) is 5.91 Å². The fourth-order valence-corrected chi connectivity index (χ4v) is 2.69. The van der Waals surface area contributed by atoms with Crippen molar-refractivity contribution in [3.63, 3.8) is 0 Å². The molecule has 0 aromatic heterocycles. The first-order chi connectivity index (χ1) is 14.0. The molecule has 0 fully saturated rings. The molecule has 0 spiro atoms. The number of carbonyl (C=O) groups is 2. The minimum Gasteiger partial charge on any atom is -0.508 e. The topological polar surface area (TPSA) is 117 Å². The summed E-state index contributed by atoms with van der Waals surface area (Å²) < 4.78 is 11.2. The zero-order chi connectivity index (χ0) is 21.1. The average Bonchev–Trinajstić information content (AvgIpc) is 2.73. The fourth-order valence-electron chi connectivity index (χ4n) is 2.69. The van der Waals surface area contributed by atoms with E-state index in [2.05, 4.69) is 5.32 Å². The molecule has 0 aliphatic carbocycles. The Bertz CT molecular complexity index is 808. The molecule has 0 saturated carbocycles. The van der Waals surface area contributed by atoms with E-state index in [1.165, 1.54) is 30.8 Å². The summed E-state index contributed by atoms with van der Waals surface area (Å²) >= 11 is 0. The highest BCUT2D eigenvalue weighted by atomic mass is 16.6. The van der Waals surface area contributed by atoms with E-state index in [0.29, 0.717) is 24.1 Å². The molecule has 0 saturated heterocycles. The maximum atomic E-state index is 12.4. The number of ether oxygens (including phenoxy) is 2. The van der Waals surface area contributed by atoms with E-state index < -0.39 is 24.2 Å². The minimum atomic E-state index is -0.746. The number of aromatic hydroxyl groups is 1. The van der Waals surface area contributed by atoms with Gasteiger partial charge in [0, 0.05) is 18.9 Å². The van der Waals surface area contributed by atoms with E-state index in [9.17, 15) is 14.7 Å². The molecule has 0 heterocycles. The van der Waals surface area contributed by atoms with Crippen molar-refractivity contribution >= 4 is 17.7 Å². The van der Waals surface area contributed by atoms with Gasteiger partial charge in [-0.1, -0.05) is 36.4 Å². The number of amides is 2. The first-order valence-electron chi connectivity index (χ1n) is 8.98. The van der Waals surface area contributed by atoms with Gasteiger partial charge in [-0.15, -0.1) is 0 Å². The zero-order valence-corrected chi connectivity index (χ0v) is 15.9. The molecule has 29 heavy (non-hydrogen) atoms. The van der Waals surface area contributed by atoms with Gasteiger partial charge in [-0.2, -0.15) is 0 Å². The lowest BCUT2D eigenvalue weighted by Gasteiger charge is -2.26. The summed E-state index contributed by atoms with van der Waals surface area (Å²) in [4.78, 5) is 23.5. The standard InChI is InChI=1S/C21H24N2O6/c1-28-18(9-5-6-10-19(25)23-27)20(15-11-13-17(24)14-12-15)29-21(26)22-16-7-3-2-4-8-16/h2-4,6-8,10-14,18,20,24,27H,5,9H2,1H3,(H,22,26)(H,23,25)/b10-6+/t18-,20-/m1/s1. The predicted octanol–water partition coefficient (Wildman–Crippen LogP) is 3.54. The summed E-state index contributed by atoms with van der Waals surface area (Å²) in [5.74, 6) is -0.541. The molecule has 2 amide bonds. The highest BCUT2D eigenvalue weighted by Gasteiger charge is 2.27. The van der Waals surface area contributed by atoms with E-state index in [1.807, 2.05) is 6.07 Å². The Labute approximate surface area is 168 Å². The molecule has 0 radical (unpaired) electrons. The van der Waals surface area contributed by atoms with Crippen LogP contribution in [0.5, 0.6) is 5.75 Å². The number of benzene rings is 2. The van der Waals surface area contributed by atoms with Crippen LogP contribution in [0.3, 0.4) is 0 Å². The van der Waals surface area contributed by atoms with Gasteiger partial charge in [0.1, 0.15) is 5.75 Å². The summed E-state index contributed by atoms with van der Waals surface area (Å²) in [6.07, 6.45) is 1.76. The third-order valence-corrected chi connectivity index (χ3v) is 4.11. The second-order valence-electron chi connectivity index (χ2n) is 6.14. The Kier molecular flexibility index (Phi) is 8.68. The number of methoxy groups -OCH3 is 1. The van der Waals surface area contributed by atoms with E-state index in [1.54, 1.807) is 42.5 Å². The number of hydrogen-bond donors (Lipinski definition) is 4. The zero-order valence-electron chi connectivity index (χ0n) is 15.9. The average molecular weight is 400 g/mol. The van der Waals surface area contributed by atoms with Crippen LogP contribution < -0.4 is 10.8 Å². The van der Waals surface area contributed by atoms with Gasteiger partial charge in [-0.3, -0.25) is 15.3 Å². The van der Waals surface area contributed by atoms with Gasteiger partial charge < -0.3 is 14.6 Å². The molecular weight excluding hydrogens is 376 g/mol. The Balaban J connectivity index is 2.12. The number of nitrogens with one attached hydrogen (secondary N) is 2. The lowest BCUT2D eigenvalue weighted by atomic mass is 10.00. The molecule has 2 aromatic carbocycles. The number of anilines is 1. The van der Waals surface area contributed by atoms with Crippen molar-refractivity contribution in [2.24, 2.45) is 0 Å². The lowest BCUT2D eigenvalue weighted by Crippen LogP contribution is -2.28. The first-order valence-corrected chi connectivity index (χ1v) is 8.98. The van der Waals surface area contributed by atoms with Crippen LogP contribution in [-0.2, 0) is 14.3 Å². The highest BCUT2D eigenvalue weighted by Crippen LogP contribution is 2.28. The van der Waals surface area contributed by atoms with Crippen LogP contribution in [0.1, 0.15) is 24.5 Å². The van der Waals surface area contributed by atoms with Gasteiger partial charge >= 0.3 is 6.09 Å². The minimum absolute atomic E-state index is 0.0909. The van der Waals surface area contributed by atoms with Gasteiger partial charge in [-0.05, 0) is 42.7 Å². The van der Waals surface area contributed by atoms with Gasteiger partial charge in [-0.25, -0.2) is 10.3 Å². The van der Waals surface area contributed by atoms with Gasteiger partial charge in [0.15, 0.2) is 6.10 Å². The maximum absolute atomic E-state index is 12.4. The third-order valence-electron chi connectivity index (χ3n) is 4.11. The van der Waals surface area contributed by atoms with Crippen LogP contribution in [0.2, 0.25) is 0 Å². The molecule has 8 nitrogen and oxygen atoms in total. The second-order valence-corrected chi connectivity index (χ2v) is 6.14. The molecule has 0 aliphatic heterocycles. The van der Waals surface area contributed by atoms with Crippen LogP contribution in [0.25, 0.3) is 0 Å². The van der Waals surface area contributed by atoms with Crippen molar-refractivity contribution in [2.45, 2.75) is 25.0 Å². The smallest absolute Gasteiger partial charge is 0.412 e. The Morgan fingerprint density at radius 3 is 2.41 bits per heavy atom. The number of para-hydroxylation sites is 1. The number of allylic oxidation sites excluding steroid dienone is 1. The van der Waals surface area contributed by atoms with Crippen molar-refractivity contribution in [1.82, 2.24) is 5.48 Å². The van der Waals surface area contributed by atoms with Crippen LogP contribution in [0.4, 0.5) is 10.5 Å². The number of rotatable bonds is 9. The van der Waals surface area contributed by atoms with Crippen LogP contribution in [0.15, 0.2) is 66.7 Å².